The third-order valence-corrected chi connectivity index (χ3v) is 5.03. The number of nitrogens with one attached hydrogen (secondary N) is 2. The first-order valence-electron chi connectivity index (χ1n) is 8.40. The van der Waals surface area contributed by atoms with E-state index in [9.17, 15) is 9.59 Å². The molecule has 0 aliphatic carbocycles. The van der Waals surface area contributed by atoms with Crippen molar-refractivity contribution in [3.8, 4) is 11.3 Å². The Morgan fingerprint density at radius 1 is 1.00 bits per heavy atom. The number of halogens is 1. The average Bonchev–Trinajstić information content (AvgIpc) is 2.71. The number of hydrogen-bond donors (Lipinski definition) is 2. The lowest BCUT2D eigenvalue weighted by Crippen LogP contribution is -2.42. The van der Waals surface area contributed by atoms with Crippen LogP contribution in [0, 0.1) is 6.92 Å². The van der Waals surface area contributed by atoms with E-state index in [0.717, 1.165) is 21.4 Å². The van der Waals surface area contributed by atoms with Crippen molar-refractivity contribution in [3.05, 3.63) is 76.4 Å². The number of nitrogens with zero attached hydrogens (tertiary/aromatic N) is 2. The molecular weight excluding hydrogens is 440 g/mol. The lowest BCUT2D eigenvalue weighted by Gasteiger charge is -2.08. The van der Waals surface area contributed by atoms with Gasteiger partial charge in [0.05, 0.1) is 11.4 Å². The Labute approximate surface area is 175 Å². The standard InChI is InChI=1S/C20H17BrN4O2S/c1-13-11-17(14-5-3-2-4-6-14)23-20(22-13)28-12-18(26)24-25-19(27)15-7-9-16(21)10-8-15/h2-11H,12H2,1H3,(H,24,26)(H,25,27). The summed E-state index contributed by atoms with van der Waals surface area (Å²) in [5.41, 5.74) is 7.86. The lowest BCUT2D eigenvalue weighted by atomic mass is 10.1. The van der Waals surface area contributed by atoms with Gasteiger partial charge in [0.25, 0.3) is 5.91 Å². The van der Waals surface area contributed by atoms with Crippen molar-refractivity contribution in [2.75, 3.05) is 5.75 Å². The highest BCUT2D eigenvalue weighted by Gasteiger charge is 2.10. The van der Waals surface area contributed by atoms with Crippen LogP contribution in [-0.4, -0.2) is 27.5 Å². The van der Waals surface area contributed by atoms with E-state index in [1.165, 1.54) is 11.8 Å². The summed E-state index contributed by atoms with van der Waals surface area (Å²) in [6.45, 7) is 1.89. The highest BCUT2D eigenvalue weighted by Crippen LogP contribution is 2.21. The molecule has 2 amide bonds. The second-order valence-corrected chi connectivity index (χ2v) is 7.70. The molecule has 0 atom stereocenters. The highest BCUT2D eigenvalue weighted by atomic mass is 79.9. The van der Waals surface area contributed by atoms with Gasteiger partial charge >= 0.3 is 0 Å². The number of carbonyl (C=O) groups is 2. The Hall–Kier alpha value is -2.71. The molecule has 8 heteroatoms. The van der Waals surface area contributed by atoms with E-state index in [1.807, 2.05) is 43.3 Å². The number of benzene rings is 2. The van der Waals surface area contributed by atoms with Crippen LogP contribution in [-0.2, 0) is 4.79 Å². The molecule has 0 radical (unpaired) electrons. The van der Waals surface area contributed by atoms with Gasteiger partial charge in [0, 0.05) is 21.3 Å². The smallest absolute Gasteiger partial charge is 0.269 e. The zero-order valence-electron chi connectivity index (χ0n) is 15.0. The van der Waals surface area contributed by atoms with E-state index in [0.29, 0.717) is 10.7 Å². The molecule has 0 saturated carbocycles. The quantitative estimate of drug-likeness (QED) is 0.346. The highest BCUT2D eigenvalue weighted by molar-refractivity contribution is 9.10. The molecule has 2 aromatic carbocycles. The Balaban J connectivity index is 1.55. The fraction of sp³-hybridized carbons (Fsp3) is 0.100. The van der Waals surface area contributed by atoms with Crippen molar-refractivity contribution < 1.29 is 9.59 Å². The minimum absolute atomic E-state index is 0.0816. The Bertz CT molecular complexity index is 981. The van der Waals surface area contributed by atoms with Crippen LogP contribution in [0.15, 0.2) is 70.3 Å². The number of rotatable bonds is 5. The second-order valence-electron chi connectivity index (χ2n) is 5.84. The number of hydrazine groups is 1. The first-order chi connectivity index (χ1) is 13.5. The maximum absolute atomic E-state index is 12.0. The van der Waals surface area contributed by atoms with Gasteiger partial charge in [0.1, 0.15) is 0 Å². The number of aryl methyl sites for hydroxylation is 1. The predicted octanol–water partition coefficient (Wildman–Crippen LogP) is 3.77. The molecule has 0 saturated heterocycles. The summed E-state index contributed by atoms with van der Waals surface area (Å²) in [4.78, 5) is 32.9. The molecule has 3 rings (SSSR count). The second kappa shape index (κ2) is 9.48. The summed E-state index contributed by atoms with van der Waals surface area (Å²) < 4.78 is 0.873. The molecule has 1 aromatic heterocycles. The van der Waals surface area contributed by atoms with Crippen LogP contribution in [0.4, 0.5) is 0 Å². The van der Waals surface area contributed by atoms with Gasteiger partial charge in [-0.05, 0) is 37.3 Å². The fourth-order valence-corrected chi connectivity index (χ4v) is 3.30. The van der Waals surface area contributed by atoms with Crippen LogP contribution in [0.5, 0.6) is 0 Å². The maximum atomic E-state index is 12.0. The van der Waals surface area contributed by atoms with Crippen LogP contribution >= 0.6 is 27.7 Å². The topological polar surface area (TPSA) is 84.0 Å². The first kappa shape index (κ1) is 20.0. The molecule has 0 fully saturated rings. The number of carbonyl (C=O) groups excluding carboxylic acids is 2. The lowest BCUT2D eigenvalue weighted by molar-refractivity contribution is -0.119. The SMILES string of the molecule is Cc1cc(-c2ccccc2)nc(SCC(=O)NNC(=O)c2ccc(Br)cc2)n1. The molecule has 6 nitrogen and oxygen atoms in total. The Morgan fingerprint density at radius 3 is 2.43 bits per heavy atom. The molecule has 0 aliphatic rings. The number of hydrogen-bond acceptors (Lipinski definition) is 5. The van der Waals surface area contributed by atoms with E-state index >= 15 is 0 Å². The normalized spacial score (nSPS) is 10.4. The summed E-state index contributed by atoms with van der Waals surface area (Å²) in [6, 6.07) is 18.5. The van der Waals surface area contributed by atoms with Crippen LogP contribution in [0.2, 0.25) is 0 Å². The summed E-state index contributed by atoms with van der Waals surface area (Å²) >= 11 is 4.52. The van der Waals surface area contributed by atoms with Crippen LogP contribution in [0.1, 0.15) is 16.1 Å². The van der Waals surface area contributed by atoms with E-state index in [1.54, 1.807) is 24.3 Å². The molecule has 2 N–H and O–H groups in total. The van der Waals surface area contributed by atoms with E-state index in [-0.39, 0.29) is 17.6 Å². The number of thioether (sulfide) groups is 1. The van der Waals surface area contributed by atoms with E-state index < -0.39 is 0 Å². The van der Waals surface area contributed by atoms with Crippen LogP contribution in [0.3, 0.4) is 0 Å². The van der Waals surface area contributed by atoms with Crippen LogP contribution < -0.4 is 10.9 Å². The predicted molar refractivity (Wildman–Crippen MR) is 113 cm³/mol. The molecule has 1 heterocycles. The number of amides is 2. The summed E-state index contributed by atoms with van der Waals surface area (Å²) in [5.74, 6) is -0.649. The molecule has 28 heavy (non-hydrogen) atoms. The Morgan fingerprint density at radius 2 is 1.71 bits per heavy atom. The fourth-order valence-electron chi connectivity index (χ4n) is 2.33. The van der Waals surface area contributed by atoms with Gasteiger partial charge in [-0.3, -0.25) is 20.4 Å². The molecule has 3 aromatic rings. The van der Waals surface area contributed by atoms with E-state index in [4.69, 9.17) is 0 Å². The van der Waals surface area contributed by atoms with Crippen molar-refractivity contribution in [3.63, 3.8) is 0 Å². The van der Waals surface area contributed by atoms with Crippen molar-refractivity contribution >= 4 is 39.5 Å². The molecule has 142 valence electrons. The van der Waals surface area contributed by atoms with Crippen molar-refractivity contribution in [1.82, 2.24) is 20.8 Å². The molecule has 0 spiro atoms. The van der Waals surface area contributed by atoms with Crippen molar-refractivity contribution in [2.45, 2.75) is 12.1 Å². The van der Waals surface area contributed by atoms with Gasteiger partial charge in [-0.2, -0.15) is 0 Å². The minimum Gasteiger partial charge on any atom is -0.272 e. The molecule has 0 aliphatic heterocycles. The van der Waals surface area contributed by atoms with Crippen molar-refractivity contribution in [2.24, 2.45) is 0 Å². The summed E-state index contributed by atoms with van der Waals surface area (Å²) in [7, 11) is 0. The van der Waals surface area contributed by atoms with E-state index in [2.05, 4.69) is 36.7 Å². The minimum atomic E-state index is -0.385. The molecular formula is C20H17BrN4O2S. The molecule has 0 bridgehead atoms. The largest absolute Gasteiger partial charge is 0.272 e. The monoisotopic (exact) mass is 456 g/mol. The van der Waals surface area contributed by atoms with Gasteiger partial charge in [-0.15, -0.1) is 0 Å². The summed E-state index contributed by atoms with van der Waals surface area (Å²) in [6.07, 6.45) is 0. The van der Waals surface area contributed by atoms with Crippen molar-refractivity contribution in [1.29, 1.82) is 0 Å². The first-order valence-corrected chi connectivity index (χ1v) is 10.2. The average molecular weight is 457 g/mol. The van der Waals surface area contributed by atoms with Gasteiger partial charge in [-0.25, -0.2) is 9.97 Å². The molecule has 0 unspecified atom stereocenters. The maximum Gasteiger partial charge on any atom is 0.269 e. The summed E-state index contributed by atoms with van der Waals surface area (Å²) in [5, 5.41) is 0.508. The number of aromatic nitrogens is 2. The van der Waals surface area contributed by atoms with Gasteiger partial charge in [-0.1, -0.05) is 58.0 Å². The van der Waals surface area contributed by atoms with Gasteiger partial charge in [0.15, 0.2) is 5.16 Å². The van der Waals surface area contributed by atoms with Gasteiger partial charge in [0.2, 0.25) is 5.91 Å². The Kier molecular flexibility index (Phi) is 6.78. The van der Waals surface area contributed by atoms with Gasteiger partial charge < -0.3 is 0 Å². The zero-order valence-corrected chi connectivity index (χ0v) is 17.4. The third kappa shape index (κ3) is 5.64. The van der Waals surface area contributed by atoms with Crippen LogP contribution in [0.25, 0.3) is 11.3 Å². The third-order valence-electron chi connectivity index (χ3n) is 3.66. The zero-order chi connectivity index (χ0) is 19.9.